The summed E-state index contributed by atoms with van der Waals surface area (Å²) in [5, 5.41) is 14.9. The van der Waals surface area contributed by atoms with Gasteiger partial charge in [-0.2, -0.15) is 0 Å². The molecular formula is C24H26N3O4. The molecule has 0 aromatic heterocycles. The Balaban J connectivity index is 2.05. The Kier molecular flexibility index (Phi) is 6.97. The van der Waals surface area contributed by atoms with Gasteiger partial charge in [-0.05, 0) is 41.7 Å². The van der Waals surface area contributed by atoms with Crippen molar-refractivity contribution in [1.82, 2.24) is 10.2 Å². The highest BCUT2D eigenvalue weighted by molar-refractivity contribution is 5.97. The van der Waals surface area contributed by atoms with E-state index in [1.807, 2.05) is 38.1 Å². The highest BCUT2D eigenvalue weighted by atomic mass is 16.6. The van der Waals surface area contributed by atoms with Crippen molar-refractivity contribution in [3.63, 3.8) is 0 Å². The van der Waals surface area contributed by atoms with Crippen LogP contribution in [0.25, 0.3) is 17.2 Å². The fraction of sp³-hybridized carbons (Fsp3) is 0.333. The van der Waals surface area contributed by atoms with Crippen molar-refractivity contribution in [1.29, 1.82) is 0 Å². The molecule has 2 aromatic rings. The molecule has 0 saturated carbocycles. The summed E-state index contributed by atoms with van der Waals surface area (Å²) in [6.07, 6.45) is 2.98. The number of rotatable bonds is 6. The Morgan fingerprint density at radius 2 is 2.03 bits per heavy atom. The molecule has 1 heterocycles. The number of ketones is 1. The molecule has 1 unspecified atom stereocenters. The largest absolute Gasteiger partial charge is 0.327 e. The Labute approximate surface area is 181 Å². The molecule has 161 valence electrons. The SMILES string of the molecule is CC(=O)C1CNCCN1C(=O)/C=C/c1cc[c]c([N+](=O)[O-])c1-c1ccccc1C(C)C. The summed E-state index contributed by atoms with van der Waals surface area (Å²) >= 11 is 0. The van der Waals surface area contributed by atoms with Crippen molar-refractivity contribution in [3.05, 3.63) is 69.8 Å². The molecule has 1 aliphatic rings. The standard InChI is InChI=1S/C24H26N3O4/c1-16(2)19-8-4-5-9-20(19)24-18(7-6-10-21(24)27(30)31)11-12-23(29)26-14-13-25-15-22(26)17(3)28/h4-9,11-12,16,22,25H,13-15H2,1-3H3/b12-11+. The van der Waals surface area contributed by atoms with E-state index in [-0.39, 0.29) is 23.3 Å². The first-order chi connectivity index (χ1) is 14.8. The van der Waals surface area contributed by atoms with Crippen LogP contribution in [-0.2, 0) is 9.59 Å². The molecule has 31 heavy (non-hydrogen) atoms. The van der Waals surface area contributed by atoms with Crippen molar-refractivity contribution >= 4 is 23.5 Å². The van der Waals surface area contributed by atoms with E-state index in [0.29, 0.717) is 30.8 Å². The van der Waals surface area contributed by atoms with Crippen molar-refractivity contribution in [2.24, 2.45) is 0 Å². The van der Waals surface area contributed by atoms with E-state index in [1.54, 1.807) is 17.0 Å². The van der Waals surface area contributed by atoms with Gasteiger partial charge in [0.05, 0.1) is 16.6 Å². The number of nitro groups is 1. The molecule has 1 radical (unpaired) electrons. The highest BCUT2D eigenvalue weighted by Crippen LogP contribution is 2.38. The zero-order valence-electron chi connectivity index (χ0n) is 17.9. The lowest BCUT2D eigenvalue weighted by atomic mass is 9.89. The van der Waals surface area contributed by atoms with Crippen molar-refractivity contribution in [2.75, 3.05) is 19.6 Å². The average Bonchev–Trinajstić information content (AvgIpc) is 2.77. The lowest BCUT2D eigenvalue weighted by Crippen LogP contribution is -2.56. The van der Waals surface area contributed by atoms with Crippen LogP contribution in [0.15, 0.2) is 42.5 Å². The summed E-state index contributed by atoms with van der Waals surface area (Å²) in [7, 11) is 0. The van der Waals surface area contributed by atoms with Gasteiger partial charge in [0.2, 0.25) is 5.91 Å². The molecule has 1 amide bonds. The molecule has 0 aliphatic carbocycles. The minimum atomic E-state index is -0.509. The number of carbonyl (C=O) groups is 2. The third kappa shape index (κ3) is 4.88. The monoisotopic (exact) mass is 420 g/mol. The number of piperazine rings is 1. The van der Waals surface area contributed by atoms with Gasteiger partial charge in [-0.15, -0.1) is 0 Å². The van der Waals surface area contributed by atoms with Crippen LogP contribution in [0.1, 0.15) is 37.8 Å². The maximum atomic E-state index is 12.8. The molecular weight excluding hydrogens is 394 g/mol. The number of nitrogens with zero attached hydrogens (tertiary/aromatic N) is 2. The summed E-state index contributed by atoms with van der Waals surface area (Å²) in [5.41, 5.74) is 2.58. The molecule has 1 aliphatic heterocycles. The van der Waals surface area contributed by atoms with Gasteiger partial charge in [-0.25, -0.2) is 0 Å². The first kappa shape index (κ1) is 22.4. The van der Waals surface area contributed by atoms with Gasteiger partial charge < -0.3 is 10.2 Å². The van der Waals surface area contributed by atoms with Gasteiger partial charge in [0.1, 0.15) is 6.04 Å². The summed E-state index contributed by atoms with van der Waals surface area (Å²) in [4.78, 5) is 37.6. The summed E-state index contributed by atoms with van der Waals surface area (Å²) < 4.78 is 0. The van der Waals surface area contributed by atoms with Crippen LogP contribution in [-0.4, -0.2) is 47.2 Å². The van der Waals surface area contributed by atoms with Crippen molar-refractivity contribution < 1.29 is 14.5 Å². The Morgan fingerprint density at radius 3 is 2.71 bits per heavy atom. The molecule has 0 bridgehead atoms. The average molecular weight is 420 g/mol. The van der Waals surface area contributed by atoms with Crippen LogP contribution in [0.3, 0.4) is 0 Å². The number of nitro benzene ring substituents is 1. The van der Waals surface area contributed by atoms with E-state index in [0.717, 1.165) is 11.1 Å². The fourth-order valence-corrected chi connectivity index (χ4v) is 3.88. The maximum absolute atomic E-state index is 12.8. The molecule has 0 spiro atoms. The maximum Gasteiger partial charge on any atom is 0.285 e. The summed E-state index contributed by atoms with van der Waals surface area (Å²) in [6.45, 7) is 7.00. The van der Waals surface area contributed by atoms with Gasteiger partial charge in [0, 0.05) is 25.7 Å². The van der Waals surface area contributed by atoms with E-state index in [1.165, 1.54) is 19.1 Å². The molecule has 1 saturated heterocycles. The van der Waals surface area contributed by atoms with Gasteiger partial charge >= 0.3 is 0 Å². The number of nitrogens with one attached hydrogen (secondary N) is 1. The minimum Gasteiger partial charge on any atom is -0.327 e. The van der Waals surface area contributed by atoms with Crippen molar-refractivity contribution in [2.45, 2.75) is 32.7 Å². The number of hydrogen-bond acceptors (Lipinski definition) is 5. The van der Waals surface area contributed by atoms with Crippen LogP contribution in [0.4, 0.5) is 5.69 Å². The number of amides is 1. The summed E-state index contributed by atoms with van der Waals surface area (Å²) in [5.74, 6) is -0.211. The lowest BCUT2D eigenvalue weighted by Gasteiger charge is -2.33. The lowest BCUT2D eigenvalue weighted by molar-refractivity contribution is -0.384. The predicted octanol–water partition coefficient (Wildman–Crippen LogP) is 3.59. The third-order valence-electron chi connectivity index (χ3n) is 5.44. The predicted molar refractivity (Wildman–Crippen MR) is 120 cm³/mol. The van der Waals surface area contributed by atoms with E-state index in [4.69, 9.17) is 0 Å². The first-order valence-electron chi connectivity index (χ1n) is 10.3. The molecule has 1 N–H and O–H groups in total. The molecule has 1 fully saturated rings. The Hall–Kier alpha value is -3.32. The van der Waals surface area contributed by atoms with Crippen LogP contribution in [0.5, 0.6) is 0 Å². The Morgan fingerprint density at radius 1 is 1.29 bits per heavy atom. The van der Waals surface area contributed by atoms with Gasteiger partial charge in [-0.1, -0.05) is 44.2 Å². The van der Waals surface area contributed by atoms with Gasteiger partial charge in [0.15, 0.2) is 5.78 Å². The molecule has 1 atom stereocenters. The highest BCUT2D eigenvalue weighted by Gasteiger charge is 2.28. The summed E-state index contributed by atoms with van der Waals surface area (Å²) in [6, 6.07) is 13.0. The van der Waals surface area contributed by atoms with Crippen LogP contribution in [0, 0.1) is 16.2 Å². The van der Waals surface area contributed by atoms with Gasteiger partial charge in [0.25, 0.3) is 5.69 Å². The van der Waals surface area contributed by atoms with E-state index in [9.17, 15) is 19.7 Å². The number of carbonyl (C=O) groups excluding carboxylic acids is 2. The first-order valence-corrected chi connectivity index (χ1v) is 10.3. The van der Waals surface area contributed by atoms with E-state index < -0.39 is 11.0 Å². The zero-order chi connectivity index (χ0) is 22.5. The second-order valence-corrected chi connectivity index (χ2v) is 7.85. The van der Waals surface area contributed by atoms with Crippen LogP contribution in [0.2, 0.25) is 0 Å². The van der Waals surface area contributed by atoms with E-state index in [2.05, 4.69) is 11.4 Å². The van der Waals surface area contributed by atoms with E-state index >= 15 is 0 Å². The smallest absolute Gasteiger partial charge is 0.285 e. The fourth-order valence-electron chi connectivity index (χ4n) is 3.88. The Bertz CT molecular complexity index is 1030. The molecule has 2 aromatic carbocycles. The second kappa shape index (κ2) is 9.66. The zero-order valence-corrected chi connectivity index (χ0v) is 17.9. The molecule has 3 rings (SSSR count). The van der Waals surface area contributed by atoms with Crippen LogP contribution >= 0.6 is 0 Å². The third-order valence-corrected chi connectivity index (χ3v) is 5.44. The van der Waals surface area contributed by atoms with Gasteiger partial charge in [-0.3, -0.25) is 19.7 Å². The number of hydrogen-bond donors (Lipinski definition) is 1. The quantitative estimate of drug-likeness (QED) is 0.438. The number of Topliss-reactive ketones (excluding diaryl/α,β-unsaturated/α-hetero) is 1. The minimum absolute atomic E-state index is 0.0783. The normalized spacial score (nSPS) is 16.6. The topological polar surface area (TPSA) is 92.6 Å². The second-order valence-electron chi connectivity index (χ2n) is 7.85. The number of benzene rings is 2. The molecule has 7 heteroatoms. The van der Waals surface area contributed by atoms with Crippen LogP contribution < -0.4 is 5.32 Å². The molecule has 7 nitrogen and oxygen atoms in total. The van der Waals surface area contributed by atoms with Crippen molar-refractivity contribution in [3.8, 4) is 11.1 Å².